The smallest absolute Gasteiger partial charge is 0.217 e. The van der Waals surface area contributed by atoms with E-state index in [2.05, 4.69) is 0 Å². The van der Waals surface area contributed by atoms with E-state index in [1.165, 1.54) is 28.9 Å². The summed E-state index contributed by atoms with van der Waals surface area (Å²) in [6, 6.07) is 6.50. The minimum Gasteiger partial charge on any atom is -0.507 e. The number of phenolic OH excluding ortho intramolecular Hbond substituents is 1. The van der Waals surface area contributed by atoms with Crippen LogP contribution >= 0.6 is 11.3 Å². The number of nitrogens with zero attached hydrogens (tertiary/aromatic N) is 1. The first-order valence-corrected chi connectivity index (χ1v) is 8.48. The molecule has 0 unspecified atom stereocenters. The second-order valence-corrected chi connectivity index (χ2v) is 7.28. The number of hydrogen-bond acceptors (Lipinski definition) is 5. The maximum absolute atomic E-state index is 12.3. The molecule has 6 heteroatoms. The maximum Gasteiger partial charge on any atom is 0.217 e. The number of aromatic hydroxyl groups is 1. The summed E-state index contributed by atoms with van der Waals surface area (Å²) in [7, 11) is -3.79. The van der Waals surface area contributed by atoms with E-state index in [9.17, 15) is 18.8 Å². The highest BCUT2D eigenvalue weighted by atomic mass is 32.2. The Morgan fingerprint density at radius 1 is 1.33 bits per heavy atom. The number of allylic oxidation sites excluding steroid dienone is 1. The molecule has 0 spiro atoms. The Bertz CT molecular complexity index is 819. The summed E-state index contributed by atoms with van der Waals surface area (Å²) in [5.74, 6) is 0.173. The summed E-state index contributed by atoms with van der Waals surface area (Å²) < 4.78 is 24.7. The second kappa shape index (κ2) is 5.72. The molecule has 0 fully saturated rings. The summed E-state index contributed by atoms with van der Waals surface area (Å²) in [5, 5.41) is 22.0. The van der Waals surface area contributed by atoms with Crippen LogP contribution in [0.15, 0.2) is 38.8 Å². The molecule has 1 aromatic heterocycles. The zero-order valence-corrected chi connectivity index (χ0v) is 13.1. The highest BCUT2D eigenvalue weighted by Crippen LogP contribution is 2.27. The Morgan fingerprint density at radius 3 is 2.43 bits per heavy atom. The monoisotopic (exact) mass is 319 g/mol. The molecule has 0 atom stereocenters. The van der Waals surface area contributed by atoms with Crippen molar-refractivity contribution < 1.29 is 13.5 Å². The maximum atomic E-state index is 12.3. The number of phenols is 1. The Morgan fingerprint density at radius 2 is 1.95 bits per heavy atom. The van der Waals surface area contributed by atoms with Gasteiger partial charge in [0.1, 0.15) is 16.7 Å². The van der Waals surface area contributed by atoms with Gasteiger partial charge in [0, 0.05) is 5.38 Å². The molecular formula is C15H13NO3S2. The number of benzene rings is 1. The Kier molecular flexibility index (Phi) is 4.16. The summed E-state index contributed by atoms with van der Waals surface area (Å²) in [6.07, 6.45) is 1.33. The third-order valence-electron chi connectivity index (χ3n) is 3.02. The van der Waals surface area contributed by atoms with Crippen molar-refractivity contribution in [3.63, 3.8) is 0 Å². The minimum atomic E-state index is -3.79. The molecule has 0 aliphatic rings. The normalized spacial score (nSPS) is 12.1. The Labute approximate surface area is 127 Å². The average molecular weight is 319 g/mol. The first kappa shape index (κ1) is 15.3. The molecule has 0 radical (unpaired) electrons. The van der Waals surface area contributed by atoms with Crippen LogP contribution in [-0.4, -0.2) is 13.5 Å². The van der Waals surface area contributed by atoms with Gasteiger partial charge in [0.25, 0.3) is 0 Å². The summed E-state index contributed by atoms with van der Waals surface area (Å²) in [4.78, 5) is -0.196. The zero-order chi connectivity index (χ0) is 15.6. The van der Waals surface area contributed by atoms with Gasteiger partial charge in [-0.2, -0.15) is 16.6 Å². The molecule has 21 heavy (non-hydrogen) atoms. The molecule has 1 heterocycles. The van der Waals surface area contributed by atoms with Crippen LogP contribution < -0.4 is 0 Å². The van der Waals surface area contributed by atoms with E-state index >= 15 is 0 Å². The van der Waals surface area contributed by atoms with E-state index in [0.717, 1.165) is 0 Å². The number of hydrogen-bond donors (Lipinski definition) is 1. The molecule has 2 rings (SSSR count). The van der Waals surface area contributed by atoms with Crippen molar-refractivity contribution in [3.05, 3.63) is 50.6 Å². The Balaban J connectivity index is 2.55. The quantitative estimate of drug-likeness (QED) is 0.879. The largest absolute Gasteiger partial charge is 0.507 e. The van der Waals surface area contributed by atoms with Crippen LogP contribution in [0, 0.1) is 25.2 Å². The van der Waals surface area contributed by atoms with E-state index in [4.69, 9.17) is 0 Å². The van der Waals surface area contributed by atoms with Crippen molar-refractivity contribution in [1.82, 2.24) is 0 Å². The second-order valence-electron chi connectivity index (χ2n) is 4.59. The topological polar surface area (TPSA) is 78.2 Å². The van der Waals surface area contributed by atoms with Gasteiger partial charge >= 0.3 is 0 Å². The zero-order valence-electron chi connectivity index (χ0n) is 11.5. The van der Waals surface area contributed by atoms with Crippen molar-refractivity contribution in [3.8, 4) is 11.8 Å². The third-order valence-corrected chi connectivity index (χ3v) is 5.51. The molecule has 1 N–H and O–H groups in total. The van der Waals surface area contributed by atoms with E-state index in [-0.39, 0.29) is 15.6 Å². The molecule has 2 aromatic rings. The fraction of sp³-hybridized carbons (Fsp3) is 0.133. The fourth-order valence-corrected chi connectivity index (χ4v) is 4.11. The molecule has 1 aromatic carbocycles. The predicted molar refractivity (Wildman–Crippen MR) is 82.7 cm³/mol. The third kappa shape index (κ3) is 2.99. The lowest BCUT2D eigenvalue weighted by molar-refractivity contribution is 0.467. The number of nitriles is 1. The summed E-state index contributed by atoms with van der Waals surface area (Å²) >= 11 is 1.26. The van der Waals surface area contributed by atoms with E-state index in [1.54, 1.807) is 37.4 Å². The molecule has 0 bridgehead atoms. The molecular weight excluding hydrogens is 306 g/mol. The Hall–Kier alpha value is -2.10. The van der Waals surface area contributed by atoms with Crippen molar-refractivity contribution in [1.29, 1.82) is 5.26 Å². The molecule has 0 saturated carbocycles. The lowest BCUT2D eigenvalue weighted by atomic mass is 10.1. The number of rotatable bonds is 3. The van der Waals surface area contributed by atoms with Crippen LogP contribution in [0.1, 0.15) is 16.7 Å². The van der Waals surface area contributed by atoms with Crippen molar-refractivity contribution in [2.75, 3.05) is 0 Å². The van der Waals surface area contributed by atoms with Gasteiger partial charge in [-0.25, -0.2) is 8.42 Å². The minimum absolute atomic E-state index is 0.118. The van der Waals surface area contributed by atoms with Crippen LogP contribution in [-0.2, 0) is 9.84 Å². The summed E-state index contributed by atoms with van der Waals surface area (Å²) in [6.45, 7) is 3.44. The first-order chi connectivity index (χ1) is 9.86. The van der Waals surface area contributed by atoms with Crippen molar-refractivity contribution in [2.24, 2.45) is 0 Å². The standard InChI is InChI=1S/C15H13NO3S2/c1-10-5-12(6-11(2)15(10)17)7-14(8-16)21(18,19)13-3-4-20-9-13/h3-7,9,17H,1-2H3/b14-7-. The molecule has 0 aliphatic carbocycles. The highest BCUT2D eigenvalue weighted by molar-refractivity contribution is 7.95. The number of thiophene rings is 1. The van der Waals surface area contributed by atoms with Gasteiger partial charge in [-0.1, -0.05) is 0 Å². The fourth-order valence-electron chi connectivity index (χ4n) is 1.93. The predicted octanol–water partition coefficient (Wildman–Crippen LogP) is 3.41. The van der Waals surface area contributed by atoms with Gasteiger partial charge in [0.15, 0.2) is 0 Å². The van der Waals surface area contributed by atoms with Crippen LogP contribution in [0.25, 0.3) is 6.08 Å². The molecule has 0 amide bonds. The van der Waals surface area contributed by atoms with Gasteiger partial charge in [-0.05, 0) is 60.2 Å². The van der Waals surface area contributed by atoms with Gasteiger partial charge in [0.05, 0.1) is 4.90 Å². The number of aryl methyl sites for hydroxylation is 2. The SMILES string of the molecule is Cc1cc(/C=C(/C#N)S(=O)(=O)c2ccsc2)cc(C)c1O. The lowest BCUT2D eigenvalue weighted by Gasteiger charge is -2.06. The van der Waals surface area contributed by atoms with Gasteiger partial charge < -0.3 is 5.11 Å². The molecule has 108 valence electrons. The van der Waals surface area contributed by atoms with Gasteiger partial charge in [-0.15, -0.1) is 0 Å². The lowest BCUT2D eigenvalue weighted by Crippen LogP contribution is -2.02. The van der Waals surface area contributed by atoms with Crippen LogP contribution in [0.2, 0.25) is 0 Å². The molecule has 0 aliphatic heterocycles. The van der Waals surface area contributed by atoms with Crippen molar-refractivity contribution >= 4 is 27.3 Å². The average Bonchev–Trinajstić information content (AvgIpc) is 2.96. The van der Waals surface area contributed by atoms with Gasteiger partial charge in [-0.3, -0.25) is 0 Å². The van der Waals surface area contributed by atoms with Crippen molar-refractivity contribution in [2.45, 2.75) is 18.7 Å². The number of sulfone groups is 1. The van der Waals surface area contributed by atoms with Crippen LogP contribution in [0.5, 0.6) is 5.75 Å². The molecule has 4 nitrogen and oxygen atoms in total. The van der Waals surface area contributed by atoms with Crippen LogP contribution in [0.3, 0.4) is 0 Å². The van der Waals surface area contributed by atoms with E-state index < -0.39 is 9.84 Å². The molecule has 0 saturated heterocycles. The van der Waals surface area contributed by atoms with E-state index in [0.29, 0.717) is 16.7 Å². The highest BCUT2D eigenvalue weighted by Gasteiger charge is 2.21. The van der Waals surface area contributed by atoms with Gasteiger partial charge in [0.2, 0.25) is 9.84 Å². The van der Waals surface area contributed by atoms with E-state index in [1.807, 2.05) is 0 Å². The first-order valence-electron chi connectivity index (χ1n) is 6.05. The van der Waals surface area contributed by atoms with Crippen LogP contribution in [0.4, 0.5) is 0 Å². The summed E-state index contributed by atoms with van der Waals surface area (Å²) in [5.41, 5.74) is 1.83.